The summed E-state index contributed by atoms with van der Waals surface area (Å²) in [4.78, 5) is 0. The van der Waals surface area contributed by atoms with Crippen LogP contribution in [0.3, 0.4) is 0 Å². The molecule has 0 aromatic heterocycles. The minimum Gasteiger partial charge on any atom is -0.387 e. The van der Waals surface area contributed by atoms with Crippen LogP contribution in [0, 0.1) is 0 Å². The van der Waals surface area contributed by atoms with E-state index < -0.39 is 0 Å². The van der Waals surface area contributed by atoms with E-state index in [0.717, 1.165) is 13.0 Å². The summed E-state index contributed by atoms with van der Waals surface area (Å²) < 4.78 is 0. The van der Waals surface area contributed by atoms with Crippen molar-refractivity contribution in [1.29, 1.82) is 0 Å². The van der Waals surface area contributed by atoms with Gasteiger partial charge in [0.05, 0.1) is 6.54 Å². The van der Waals surface area contributed by atoms with Gasteiger partial charge in [0.25, 0.3) is 0 Å². The molecule has 0 aromatic rings. The van der Waals surface area contributed by atoms with Crippen LogP contribution in [-0.4, -0.2) is 24.3 Å². The average molecular weight is 106 g/mol. The maximum Gasteiger partial charge on any atom is 0.108 e. The molecule has 0 spiro atoms. The third-order valence-electron chi connectivity index (χ3n) is 0.871. The zero-order valence-corrected chi connectivity index (χ0v) is 4.56. The van der Waals surface area contributed by atoms with Crippen molar-refractivity contribution in [2.45, 2.75) is 12.5 Å². The number of hydrogen-bond acceptors (Lipinski definition) is 1. The first-order valence-electron chi connectivity index (χ1n) is 2.57. The summed E-state index contributed by atoms with van der Waals surface area (Å²) >= 11 is 0. The number of aliphatic hydroxyl groups is 1. The Balaban J connectivity index is 2.83. The zero-order valence-electron chi connectivity index (χ0n) is 4.56. The number of aliphatic hydroxyl groups excluding tert-OH is 1. The summed E-state index contributed by atoms with van der Waals surface area (Å²) in [5.41, 5.74) is 7.11. The van der Waals surface area contributed by atoms with Crippen LogP contribution in [0.1, 0.15) is 6.42 Å². The lowest BCUT2D eigenvalue weighted by atomic mass is 10.3. The number of hydrogen-bond donors (Lipinski definition) is 3. The standard InChI is InChI=1S/C4H12N2O/c5-2-1-4(7)3-6/h4,7H,1-3,5-6H2/p+2. The Hall–Kier alpha value is -0.120. The molecule has 0 saturated carbocycles. The minimum atomic E-state index is -0.225. The van der Waals surface area contributed by atoms with Gasteiger partial charge in [0.1, 0.15) is 12.6 Å². The van der Waals surface area contributed by atoms with E-state index in [1.54, 1.807) is 0 Å². The molecule has 0 aromatic carbocycles. The largest absolute Gasteiger partial charge is 0.387 e. The first-order chi connectivity index (χ1) is 3.31. The highest BCUT2D eigenvalue weighted by Gasteiger charge is 1.99. The van der Waals surface area contributed by atoms with Gasteiger partial charge in [-0.1, -0.05) is 0 Å². The summed E-state index contributed by atoms with van der Waals surface area (Å²) in [6.07, 6.45) is 0.557. The minimum absolute atomic E-state index is 0.225. The number of rotatable bonds is 3. The maximum atomic E-state index is 8.76. The Bertz CT molecular complexity index is 40.7. The van der Waals surface area contributed by atoms with Gasteiger partial charge in [0, 0.05) is 6.42 Å². The first kappa shape index (κ1) is 6.88. The molecular formula is C4H14N2O+2. The van der Waals surface area contributed by atoms with Crippen molar-refractivity contribution in [3.05, 3.63) is 0 Å². The van der Waals surface area contributed by atoms with Crippen molar-refractivity contribution in [1.82, 2.24) is 0 Å². The van der Waals surface area contributed by atoms with Crippen LogP contribution in [-0.2, 0) is 0 Å². The lowest BCUT2D eigenvalue weighted by Gasteiger charge is -1.97. The van der Waals surface area contributed by atoms with Crippen molar-refractivity contribution >= 4 is 0 Å². The normalized spacial score (nSPS) is 14.1. The average Bonchev–Trinajstić information content (AvgIpc) is 1.68. The van der Waals surface area contributed by atoms with Crippen LogP contribution < -0.4 is 11.5 Å². The molecule has 1 atom stereocenters. The van der Waals surface area contributed by atoms with E-state index in [1.165, 1.54) is 0 Å². The van der Waals surface area contributed by atoms with Crippen molar-refractivity contribution in [2.24, 2.45) is 0 Å². The molecule has 44 valence electrons. The van der Waals surface area contributed by atoms with E-state index in [0.29, 0.717) is 6.54 Å². The van der Waals surface area contributed by atoms with Crippen LogP contribution in [0.2, 0.25) is 0 Å². The molecule has 0 heterocycles. The van der Waals surface area contributed by atoms with E-state index in [1.807, 2.05) is 0 Å². The van der Waals surface area contributed by atoms with Crippen molar-refractivity contribution in [3.8, 4) is 0 Å². The lowest BCUT2D eigenvalue weighted by Crippen LogP contribution is -2.58. The Morgan fingerprint density at radius 3 is 2.14 bits per heavy atom. The summed E-state index contributed by atoms with van der Waals surface area (Å²) in [5, 5.41) is 8.76. The van der Waals surface area contributed by atoms with Crippen LogP contribution in [0.15, 0.2) is 0 Å². The van der Waals surface area contributed by atoms with Crippen LogP contribution in [0.25, 0.3) is 0 Å². The summed E-state index contributed by atoms with van der Waals surface area (Å²) in [7, 11) is 0. The fourth-order valence-corrected chi connectivity index (χ4v) is 0.380. The van der Waals surface area contributed by atoms with Crippen molar-refractivity contribution < 1.29 is 16.6 Å². The molecule has 0 aliphatic heterocycles. The Kier molecular flexibility index (Phi) is 3.98. The fraction of sp³-hybridized carbons (Fsp3) is 1.00. The Labute approximate surface area is 43.3 Å². The highest BCUT2D eigenvalue weighted by atomic mass is 16.3. The molecule has 3 nitrogen and oxygen atoms in total. The molecule has 7 heavy (non-hydrogen) atoms. The predicted molar refractivity (Wildman–Crippen MR) is 26.1 cm³/mol. The molecule has 1 unspecified atom stereocenters. The van der Waals surface area contributed by atoms with Crippen molar-refractivity contribution in [3.63, 3.8) is 0 Å². The van der Waals surface area contributed by atoms with Gasteiger partial charge in [-0.3, -0.25) is 0 Å². The molecule has 0 bridgehead atoms. The van der Waals surface area contributed by atoms with Gasteiger partial charge in [0.15, 0.2) is 0 Å². The van der Waals surface area contributed by atoms with Gasteiger partial charge in [0.2, 0.25) is 0 Å². The topological polar surface area (TPSA) is 75.5 Å². The van der Waals surface area contributed by atoms with E-state index in [9.17, 15) is 0 Å². The van der Waals surface area contributed by atoms with Gasteiger partial charge in [-0.2, -0.15) is 0 Å². The van der Waals surface area contributed by atoms with Gasteiger partial charge in [-0.25, -0.2) is 0 Å². The second-order valence-corrected chi connectivity index (χ2v) is 1.58. The van der Waals surface area contributed by atoms with Crippen molar-refractivity contribution in [2.75, 3.05) is 13.1 Å². The van der Waals surface area contributed by atoms with E-state index in [2.05, 4.69) is 11.5 Å². The third-order valence-corrected chi connectivity index (χ3v) is 0.871. The van der Waals surface area contributed by atoms with Crippen LogP contribution in [0.5, 0.6) is 0 Å². The van der Waals surface area contributed by atoms with E-state index in [4.69, 9.17) is 5.11 Å². The maximum absolute atomic E-state index is 8.76. The quantitative estimate of drug-likeness (QED) is 0.358. The van der Waals surface area contributed by atoms with E-state index >= 15 is 0 Å². The molecule has 7 N–H and O–H groups in total. The van der Waals surface area contributed by atoms with Gasteiger partial charge in [-0.15, -0.1) is 0 Å². The van der Waals surface area contributed by atoms with Crippen LogP contribution in [0.4, 0.5) is 0 Å². The monoisotopic (exact) mass is 106 g/mol. The smallest absolute Gasteiger partial charge is 0.108 e. The highest BCUT2D eigenvalue weighted by Crippen LogP contribution is 1.79. The predicted octanol–water partition coefficient (Wildman–Crippen LogP) is -2.78. The Morgan fingerprint density at radius 1 is 1.43 bits per heavy atom. The zero-order chi connectivity index (χ0) is 5.70. The number of quaternary nitrogens is 2. The van der Waals surface area contributed by atoms with Gasteiger partial charge < -0.3 is 16.6 Å². The molecule has 0 aliphatic rings. The molecule has 3 heteroatoms. The summed E-state index contributed by atoms with van der Waals surface area (Å²) in [6.45, 7) is 1.41. The SMILES string of the molecule is [NH3+]CCC(O)C[NH3+]. The molecule has 0 rings (SSSR count). The molecular weight excluding hydrogens is 92.1 g/mol. The molecule has 0 saturated heterocycles. The Morgan fingerprint density at radius 2 is 2.00 bits per heavy atom. The van der Waals surface area contributed by atoms with Crippen LogP contribution >= 0.6 is 0 Å². The fourth-order valence-electron chi connectivity index (χ4n) is 0.380. The molecule has 0 radical (unpaired) electrons. The van der Waals surface area contributed by atoms with Gasteiger partial charge >= 0.3 is 0 Å². The molecule has 0 fully saturated rings. The lowest BCUT2D eigenvalue weighted by molar-refractivity contribution is -0.398. The summed E-state index contributed by atoms with van der Waals surface area (Å²) in [6, 6.07) is 0. The third kappa shape index (κ3) is 3.72. The molecule has 0 amide bonds. The first-order valence-corrected chi connectivity index (χ1v) is 2.57. The summed E-state index contributed by atoms with van der Waals surface area (Å²) in [5.74, 6) is 0. The highest BCUT2D eigenvalue weighted by molar-refractivity contribution is 4.46. The van der Waals surface area contributed by atoms with Gasteiger partial charge in [-0.05, 0) is 0 Å². The second kappa shape index (κ2) is 4.05. The van der Waals surface area contributed by atoms with E-state index in [-0.39, 0.29) is 6.10 Å². The second-order valence-electron chi connectivity index (χ2n) is 1.58. The molecule has 0 aliphatic carbocycles.